The Morgan fingerprint density at radius 1 is 1.31 bits per heavy atom. The number of esters is 1. The third-order valence-electron chi connectivity index (χ3n) is 2.26. The first-order chi connectivity index (χ1) is 7.69. The zero-order chi connectivity index (χ0) is 11.5. The molecule has 0 aliphatic heterocycles. The molecule has 4 heteroatoms. The molecule has 0 fully saturated rings. The van der Waals surface area contributed by atoms with Gasteiger partial charge in [-0.05, 0) is 23.8 Å². The van der Waals surface area contributed by atoms with E-state index in [4.69, 9.17) is 4.42 Å². The van der Waals surface area contributed by atoms with Gasteiger partial charge in [0.2, 0.25) is 0 Å². The van der Waals surface area contributed by atoms with Crippen LogP contribution in [0.3, 0.4) is 0 Å². The minimum Gasteiger partial charge on any atom is -0.469 e. The van der Waals surface area contributed by atoms with Crippen molar-refractivity contribution in [3.05, 3.63) is 46.3 Å². The molecule has 2 rings (SSSR count). The summed E-state index contributed by atoms with van der Waals surface area (Å²) in [6.07, 6.45) is 0.214. The van der Waals surface area contributed by atoms with Crippen molar-refractivity contribution in [2.24, 2.45) is 0 Å². The Morgan fingerprint density at radius 3 is 2.88 bits per heavy atom. The van der Waals surface area contributed by atoms with Gasteiger partial charge < -0.3 is 9.15 Å². The lowest BCUT2D eigenvalue weighted by molar-refractivity contribution is -0.139. The molecule has 0 amide bonds. The highest BCUT2D eigenvalue weighted by atomic mass is 16.5. The van der Waals surface area contributed by atoms with Gasteiger partial charge in [0.1, 0.15) is 5.58 Å². The van der Waals surface area contributed by atoms with Crippen LogP contribution >= 0.6 is 0 Å². The zero-order valence-corrected chi connectivity index (χ0v) is 8.73. The Labute approximate surface area is 91.4 Å². The van der Waals surface area contributed by atoms with Crippen LogP contribution < -0.4 is 5.63 Å². The van der Waals surface area contributed by atoms with E-state index in [0.717, 1.165) is 10.9 Å². The molecule has 0 atom stereocenters. The van der Waals surface area contributed by atoms with Crippen molar-refractivity contribution >= 4 is 16.9 Å². The van der Waals surface area contributed by atoms with E-state index in [2.05, 4.69) is 4.74 Å². The number of fused-ring (bicyclic) bond motifs is 1. The van der Waals surface area contributed by atoms with Gasteiger partial charge >= 0.3 is 11.6 Å². The fraction of sp³-hybridized carbons (Fsp3) is 0.167. The average Bonchev–Trinajstić information content (AvgIpc) is 2.29. The molecule has 0 saturated carbocycles. The van der Waals surface area contributed by atoms with Gasteiger partial charge in [-0.15, -0.1) is 0 Å². The van der Waals surface area contributed by atoms with Gasteiger partial charge in [-0.25, -0.2) is 4.79 Å². The summed E-state index contributed by atoms with van der Waals surface area (Å²) in [5.74, 6) is -0.295. The van der Waals surface area contributed by atoms with E-state index >= 15 is 0 Å². The summed E-state index contributed by atoms with van der Waals surface area (Å²) in [7, 11) is 1.35. The van der Waals surface area contributed by atoms with E-state index in [9.17, 15) is 9.59 Å². The molecule has 1 aromatic carbocycles. The SMILES string of the molecule is COC(=O)Cc1ccc2oc(=O)ccc2c1. The largest absolute Gasteiger partial charge is 0.469 e. The minimum absolute atomic E-state index is 0.214. The Hall–Kier alpha value is -2.10. The second-order valence-corrected chi connectivity index (χ2v) is 3.38. The summed E-state index contributed by atoms with van der Waals surface area (Å²) < 4.78 is 9.55. The van der Waals surface area contributed by atoms with Crippen LogP contribution in [0.2, 0.25) is 0 Å². The topological polar surface area (TPSA) is 56.5 Å². The van der Waals surface area contributed by atoms with Crippen molar-refractivity contribution in [2.45, 2.75) is 6.42 Å². The number of carbonyl (C=O) groups is 1. The molecule has 16 heavy (non-hydrogen) atoms. The van der Waals surface area contributed by atoms with E-state index in [1.165, 1.54) is 13.2 Å². The minimum atomic E-state index is -0.381. The van der Waals surface area contributed by atoms with Gasteiger partial charge in [0.15, 0.2) is 0 Å². The molecule has 2 aromatic rings. The highest BCUT2D eigenvalue weighted by Gasteiger charge is 2.04. The molecular formula is C12H10O4. The first-order valence-electron chi connectivity index (χ1n) is 4.78. The summed E-state index contributed by atoms with van der Waals surface area (Å²) in [6, 6.07) is 8.23. The summed E-state index contributed by atoms with van der Waals surface area (Å²) in [5.41, 5.74) is 0.961. The number of carbonyl (C=O) groups excluding carboxylic acids is 1. The van der Waals surface area contributed by atoms with Crippen LogP contribution in [-0.4, -0.2) is 13.1 Å². The Balaban J connectivity index is 2.40. The third kappa shape index (κ3) is 2.11. The monoisotopic (exact) mass is 218 g/mol. The molecule has 4 nitrogen and oxygen atoms in total. The van der Waals surface area contributed by atoms with Crippen molar-refractivity contribution in [1.82, 2.24) is 0 Å². The molecule has 0 bridgehead atoms. The number of benzene rings is 1. The fourth-order valence-corrected chi connectivity index (χ4v) is 1.47. The highest BCUT2D eigenvalue weighted by molar-refractivity contribution is 5.79. The number of hydrogen-bond donors (Lipinski definition) is 0. The molecule has 0 aliphatic carbocycles. The standard InChI is InChI=1S/C12H10O4/c1-15-12(14)7-8-2-4-10-9(6-8)3-5-11(13)16-10/h2-6H,7H2,1H3. The number of hydrogen-bond acceptors (Lipinski definition) is 4. The summed E-state index contributed by atoms with van der Waals surface area (Å²) in [5, 5.41) is 0.793. The van der Waals surface area contributed by atoms with Crippen molar-refractivity contribution in [3.8, 4) is 0 Å². The van der Waals surface area contributed by atoms with Gasteiger partial charge in [-0.1, -0.05) is 6.07 Å². The Bertz CT molecular complexity index is 583. The van der Waals surface area contributed by atoms with Gasteiger partial charge in [0.05, 0.1) is 13.5 Å². The molecular weight excluding hydrogens is 208 g/mol. The Kier molecular flexibility index (Phi) is 2.72. The maximum atomic E-state index is 11.1. The van der Waals surface area contributed by atoms with E-state index in [1.807, 2.05) is 0 Å². The summed E-state index contributed by atoms with van der Waals surface area (Å²) >= 11 is 0. The van der Waals surface area contributed by atoms with Gasteiger partial charge in [0, 0.05) is 11.5 Å². The van der Waals surface area contributed by atoms with Gasteiger partial charge in [0.25, 0.3) is 0 Å². The predicted octanol–water partition coefficient (Wildman–Crippen LogP) is 1.51. The maximum Gasteiger partial charge on any atom is 0.336 e. The molecule has 0 unspecified atom stereocenters. The number of rotatable bonds is 2. The normalized spacial score (nSPS) is 10.3. The van der Waals surface area contributed by atoms with Crippen LogP contribution in [0.1, 0.15) is 5.56 Å². The van der Waals surface area contributed by atoms with Crippen molar-refractivity contribution in [2.75, 3.05) is 7.11 Å². The number of ether oxygens (including phenoxy) is 1. The second-order valence-electron chi connectivity index (χ2n) is 3.38. The van der Waals surface area contributed by atoms with Crippen LogP contribution in [0.4, 0.5) is 0 Å². The maximum absolute atomic E-state index is 11.1. The summed E-state index contributed by atoms with van der Waals surface area (Å²) in [4.78, 5) is 22.0. The lowest BCUT2D eigenvalue weighted by Gasteiger charge is -2.01. The van der Waals surface area contributed by atoms with Crippen LogP contribution in [0.5, 0.6) is 0 Å². The lowest BCUT2D eigenvalue weighted by Crippen LogP contribution is -2.04. The van der Waals surface area contributed by atoms with Gasteiger partial charge in [-0.3, -0.25) is 4.79 Å². The summed E-state index contributed by atoms with van der Waals surface area (Å²) in [6.45, 7) is 0. The molecule has 1 aromatic heterocycles. The molecule has 0 radical (unpaired) electrons. The van der Waals surface area contributed by atoms with E-state index in [-0.39, 0.29) is 18.0 Å². The number of methoxy groups -OCH3 is 1. The van der Waals surface area contributed by atoms with E-state index in [0.29, 0.717) is 5.58 Å². The van der Waals surface area contributed by atoms with Crippen LogP contribution in [0, 0.1) is 0 Å². The predicted molar refractivity (Wildman–Crippen MR) is 58.2 cm³/mol. The smallest absolute Gasteiger partial charge is 0.336 e. The van der Waals surface area contributed by atoms with Crippen molar-refractivity contribution in [1.29, 1.82) is 0 Å². The zero-order valence-electron chi connectivity index (χ0n) is 8.73. The van der Waals surface area contributed by atoms with Crippen LogP contribution in [-0.2, 0) is 16.0 Å². The average molecular weight is 218 g/mol. The molecule has 82 valence electrons. The van der Waals surface area contributed by atoms with Crippen molar-refractivity contribution in [3.63, 3.8) is 0 Å². The first kappa shape index (κ1) is 10.4. The van der Waals surface area contributed by atoms with Gasteiger partial charge in [-0.2, -0.15) is 0 Å². The van der Waals surface area contributed by atoms with E-state index in [1.54, 1.807) is 24.3 Å². The van der Waals surface area contributed by atoms with E-state index < -0.39 is 0 Å². The first-order valence-corrected chi connectivity index (χ1v) is 4.78. The highest BCUT2D eigenvalue weighted by Crippen LogP contribution is 2.14. The van der Waals surface area contributed by atoms with Crippen LogP contribution in [0.15, 0.2) is 39.5 Å². The molecule has 1 heterocycles. The fourth-order valence-electron chi connectivity index (χ4n) is 1.47. The quantitative estimate of drug-likeness (QED) is 0.566. The molecule has 0 spiro atoms. The van der Waals surface area contributed by atoms with Crippen LogP contribution in [0.25, 0.3) is 11.0 Å². The molecule has 0 aliphatic rings. The lowest BCUT2D eigenvalue weighted by atomic mass is 10.1. The molecule has 0 saturated heterocycles. The van der Waals surface area contributed by atoms with Crippen molar-refractivity contribution < 1.29 is 13.9 Å². The third-order valence-corrected chi connectivity index (χ3v) is 2.26. The Morgan fingerprint density at radius 2 is 2.12 bits per heavy atom. The molecule has 0 N–H and O–H groups in total. The second kappa shape index (κ2) is 4.18.